The molecule has 0 aliphatic heterocycles. The van der Waals surface area contributed by atoms with Crippen LogP contribution in [0.15, 0.2) is 10.3 Å². The molecule has 0 heterocycles. The second-order valence-electron chi connectivity index (χ2n) is 5.32. The monoisotopic (exact) mass is 237 g/mol. The molecule has 0 spiro atoms. The van der Waals surface area contributed by atoms with E-state index in [1.54, 1.807) is 0 Å². The highest BCUT2D eigenvalue weighted by Crippen LogP contribution is 2.24. The molecular formula is C13H23N3O. The first kappa shape index (κ1) is 12.5. The minimum absolute atomic E-state index is 0.0734. The molecule has 2 fully saturated rings. The summed E-state index contributed by atoms with van der Waals surface area (Å²) in [5, 5.41) is 8.11. The summed E-state index contributed by atoms with van der Waals surface area (Å²) in [5.41, 5.74) is 2.62. The molecule has 1 N–H and O–H groups in total. The fourth-order valence-corrected chi connectivity index (χ4v) is 2.81. The van der Waals surface area contributed by atoms with Crippen molar-refractivity contribution in [3.8, 4) is 0 Å². The fraction of sp³-hybridized carbons (Fsp3) is 0.923. The van der Waals surface area contributed by atoms with Crippen molar-refractivity contribution in [1.82, 2.24) is 5.43 Å². The highest BCUT2D eigenvalue weighted by Gasteiger charge is 2.20. The molecular weight excluding hydrogens is 214 g/mol. The highest BCUT2D eigenvalue weighted by molar-refractivity contribution is 5.78. The van der Waals surface area contributed by atoms with Crippen LogP contribution in [0.1, 0.15) is 64.2 Å². The largest absolute Gasteiger partial charge is 0.273 e. The molecule has 1 amide bonds. The van der Waals surface area contributed by atoms with Crippen molar-refractivity contribution in [2.75, 3.05) is 0 Å². The van der Waals surface area contributed by atoms with E-state index in [2.05, 4.69) is 15.8 Å². The summed E-state index contributed by atoms with van der Waals surface area (Å²) in [5.74, 6) is 0.248. The van der Waals surface area contributed by atoms with Crippen LogP contribution in [-0.2, 0) is 4.79 Å². The predicted molar refractivity (Wildman–Crippen MR) is 66.4 cm³/mol. The quantitative estimate of drug-likeness (QED) is 0.593. The van der Waals surface area contributed by atoms with Crippen LogP contribution in [0.2, 0.25) is 0 Å². The molecule has 0 aromatic rings. The molecule has 0 aromatic carbocycles. The maximum absolute atomic E-state index is 11.8. The molecule has 2 saturated carbocycles. The van der Waals surface area contributed by atoms with Crippen molar-refractivity contribution in [2.24, 2.45) is 16.3 Å². The number of carbonyl (C=O) groups is 1. The lowest BCUT2D eigenvalue weighted by atomic mass is 9.89. The third-order valence-corrected chi connectivity index (χ3v) is 3.93. The summed E-state index contributed by atoms with van der Waals surface area (Å²) < 4.78 is 0. The van der Waals surface area contributed by atoms with Gasteiger partial charge in [-0.15, -0.1) is 0 Å². The molecule has 0 atom stereocenters. The van der Waals surface area contributed by atoms with E-state index in [4.69, 9.17) is 0 Å². The van der Waals surface area contributed by atoms with E-state index in [1.807, 2.05) is 0 Å². The fourth-order valence-electron chi connectivity index (χ4n) is 2.81. The second-order valence-corrected chi connectivity index (χ2v) is 5.32. The number of nitrogens with one attached hydrogen (secondary N) is 1. The third kappa shape index (κ3) is 4.10. The Morgan fingerprint density at radius 1 is 0.882 bits per heavy atom. The van der Waals surface area contributed by atoms with Crippen molar-refractivity contribution < 1.29 is 4.79 Å². The van der Waals surface area contributed by atoms with Crippen LogP contribution < -0.4 is 5.43 Å². The predicted octanol–water partition coefficient (Wildman–Crippen LogP) is 3.38. The Balaban J connectivity index is 1.69. The number of hydrogen-bond acceptors (Lipinski definition) is 3. The van der Waals surface area contributed by atoms with Gasteiger partial charge in [0.05, 0.1) is 6.04 Å². The zero-order valence-corrected chi connectivity index (χ0v) is 10.5. The van der Waals surface area contributed by atoms with Crippen LogP contribution in [0, 0.1) is 5.92 Å². The SMILES string of the molecule is O=C(NN=NC1CCCCC1)C1CCCCC1. The molecule has 0 unspecified atom stereocenters. The van der Waals surface area contributed by atoms with Gasteiger partial charge in [0.25, 0.3) is 0 Å². The van der Waals surface area contributed by atoms with E-state index in [1.165, 1.54) is 38.5 Å². The van der Waals surface area contributed by atoms with Gasteiger partial charge in [-0.2, -0.15) is 5.11 Å². The summed E-state index contributed by atoms with van der Waals surface area (Å²) in [4.78, 5) is 11.8. The average Bonchev–Trinajstić information content (AvgIpc) is 2.41. The van der Waals surface area contributed by atoms with Crippen molar-refractivity contribution >= 4 is 5.91 Å². The molecule has 17 heavy (non-hydrogen) atoms. The Morgan fingerprint density at radius 3 is 2.12 bits per heavy atom. The minimum atomic E-state index is 0.0734. The summed E-state index contributed by atoms with van der Waals surface area (Å²) in [7, 11) is 0. The van der Waals surface area contributed by atoms with Crippen molar-refractivity contribution in [1.29, 1.82) is 0 Å². The van der Waals surface area contributed by atoms with Crippen molar-refractivity contribution in [2.45, 2.75) is 70.3 Å². The van der Waals surface area contributed by atoms with Gasteiger partial charge < -0.3 is 0 Å². The number of hydrogen-bond donors (Lipinski definition) is 1. The molecule has 0 bridgehead atoms. The van der Waals surface area contributed by atoms with Gasteiger partial charge >= 0.3 is 0 Å². The maximum Gasteiger partial charge on any atom is 0.244 e. The number of rotatable bonds is 3. The Morgan fingerprint density at radius 2 is 1.47 bits per heavy atom. The molecule has 0 radical (unpaired) electrons. The lowest BCUT2D eigenvalue weighted by molar-refractivity contribution is -0.126. The zero-order valence-electron chi connectivity index (χ0n) is 10.5. The van der Waals surface area contributed by atoms with Gasteiger partial charge in [-0.05, 0) is 25.7 Å². The molecule has 2 rings (SSSR count). The smallest absolute Gasteiger partial charge is 0.244 e. The van der Waals surface area contributed by atoms with Crippen molar-refractivity contribution in [3.05, 3.63) is 0 Å². The van der Waals surface area contributed by atoms with Crippen LogP contribution in [-0.4, -0.2) is 11.9 Å². The molecule has 96 valence electrons. The first-order chi connectivity index (χ1) is 8.36. The summed E-state index contributed by atoms with van der Waals surface area (Å²) in [6, 6.07) is 0.343. The van der Waals surface area contributed by atoms with Crippen molar-refractivity contribution in [3.63, 3.8) is 0 Å². The first-order valence-corrected chi connectivity index (χ1v) is 7.06. The van der Waals surface area contributed by atoms with E-state index in [-0.39, 0.29) is 11.8 Å². The Bertz CT molecular complexity index is 266. The molecule has 2 aliphatic rings. The summed E-state index contributed by atoms with van der Waals surface area (Å²) >= 11 is 0. The standard InChI is InChI=1S/C13H23N3O/c17-13(11-7-3-1-4-8-11)15-16-14-12-9-5-2-6-10-12/h11-12H,1-10H2,(H,14,15,17). The van der Waals surface area contributed by atoms with E-state index in [0.717, 1.165) is 25.7 Å². The molecule has 2 aliphatic carbocycles. The van der Waals surface area contributed by atoms with Gasteiger partial charge in [0, 0.05) is 5.92 Å². The summed E-state index contributed by atoms with van der Waals surface area (Å²) in [6.45, 7) is 0. The first-order valence-electron chi connectivity index (χ1n) is 7.06. The normalized spacial score (nSPS) is 24.0. The lowest BCUT2D eigenvalue weighted by Gasteiger charge is -2.19. The third-order valence-electron chi connectivity index (χ3n) is 3.93. The van der Waals surface area contributed by atoms with E-state index < -0.39 is 0 Å². The minimum Gasteiger partial charge on any atom is -0.273 e. The molecule has 4 heteroatoms. The Kier molecular flexibility index (Phi) is 4.95. The van der Waals surface area contributed by atoms with Gasteiger partial charge in [0.15, 0.2) is 0 Å². The lowest BCUT2D eigenvalue weighted by Crippen LogP contribution is -2.28. The van der Waals surface area contributed by atoms with Crippen LogP contribution in [0.4, 0.5) is 0 Å². The molecule has 0 aromatic heterocycles. The Labute approximate surface area is 103 Å². The number of amides is 1. The Hall–Kier alpha value is -0.930. The van der Waals surface area contributed by atoms with Crippen LogP contribution in [0.5, 0.6) is 0 Å². The van der Waals surface area contributed by atoms with Gasteiger partial charge in [0.1, 0.15) is 0 Å². The number of carbonyl (C=O) groups excluding carboxylic acids is 1. The average molecular weight is 237 g/mol. The van der Waals surface area contributed by atoms with E-state index in [0.29, 0.717) is 6.04 Å². The van der Waals surface area contributed by atoms with E-state index in [9.17, 15) is 4.79 Å². The molecule has 4 nitrogen and oxygen atoms in total. The van der Waals surface area contributed by atoms with Crippen LogP contribution in [0.3, 0.4) is 0 Å². The zero-order chi connectivity index (χ0) is 11.9. The second kappa shape index (κ2) is 6.72. The van der Waals surface area contributed by atoms with Crippen LogP contribution >= 0.6 is 0 Å². The van der Waals surface area contributed by atoms with Gasteiger partial charge in [-0.3, -0.25) is 4.79 Å². The van der Waals surface area contributed by atoms with Gasteiger partial charge in [-0.1, -0.05) is 43.7 Å². The topological polar surface area (TPSA) is 53.8 Å². The van der Waals surface area contributed by atoms with Crippen LogP contribution in [0.25, 0.3) is 0 Å². The highest BCUT2D eigenvalue weighted by atomic mass is 16.2. The number of nitrogens with zero attached hydrogens (tertiary/aromatic N) is 2. The summed E-state index contributed by atoms with van der Waals surface area (Å²) in [6.07, 6.45) is 11.7. The van der Waals surface area contributed by atoms with Gasteiger partial charge in [-0.25, -0.2) is 5.43 Å². The van der Waals surface area contributed by atoms with Gasteiger partial charge in [0.2, 0.25) is 5.91 Å². The maximum atomic E-state index is 11.8. The molecule has 0 saturated heterocycles. The van der Waals surface area contributed by atoms with E-state index >= 15 is 0 Å².